The van der Waals surface area contributed by atoms with Crippen molar-refractivity contribution in [1.82, 2.24) is 19.1 Å². The second-order valence-electron chi connectivity index (χ2n) is 21.5. The Balaban J connectivity index is 0.00000560. The minimum absolute atomic E-state index is 0. The SMILES string of the molecule is Cc1c(-c2ccc(C3CCC(C)(C)CC3)cc2)cc(-c2[c-]cccc2)nc1-c1cccc2c1nc(-n1c3[c-]ccc(-c4ccccc4)c3c3ccccc31)n2-c1ccc(C(C)(C)C)cc1-c1ccccc1.[Pt+2]. The van der Waals surface area contributed by atoms with Gasteiger partial charge in [0.05, 0.1) is 16.9 Å². The van der Waals surface area contributed by atoms with E-state index < -0.39 is 0 Å². The fourth-order valence-corrected chi connectivity index (χ4v) is 11.2. The van der Waals surface area contributed by atoms with Crippen LogP contribution in [-0.2, 0) is 26.5 Å². The second kappa shape index (κ2) is 18.8. The van der Waals surface area contributed by atoms with Gasteiger partial charge in [0.25, 0.3) is 0 Å². The van der Waals surface area contributed by atoms with Crippen LogP contribution in [0.15, 0.2) is 188 Å². The summed E-state index contributed by atoms with van der Waals surface area (Å²) in [6, 6.07) is 75.2. The molecule has 1 aliphatic rings. The van der Waals surface area contributed by atoms with Crippen molar-refractivity contribution >= 4 is 32.8 Å². The van der Waals surface area contributed by atoms with Crippen LogP contribution in [0.3, 0.4) is 0 Å². The zero-order valence-electron chi connectivity index (χ0n) is 41.9. The maximum absolute atomic E-state index is 5.89. The number of imidazole rings is 1. The number of aromatic nitrogens is 4. The Bertz CT molecular complexity index is 3750. The van der Waals surface area contributed by atoms with Gasteiger partial charge in [-0.25, -0.2) is 4.98 Å². The molecule has 0 amide bonds. The van der Waals surface area contributed by atoms with E-state index >= 15 is 0 Å². The van der Waals surface area contributed by atoms with Crippen molar-refractivity contribution in [3.8, 4) is 67.5 Å². The third kappa shape index (κ3) is 8.44. The van der Waals surface area contributed by atoms with Crippen molar-refractivity contribution in [3.63, 3.8) is 0 Å². The van der Waals surface area contributed by atoms with E-state index in [0.29, 0.717) is 11.3 Å². The fourth-order valence-electron chi connectivity index (χ4n) is 11.2. The molecule has 72 heavy (non-hydrogen) atoms. The zero-order valence-corrected chi connectivity index (χ0v) is 44.2. The quantitative estimate of drug-likeness (QED) is 0.142. The van der Waals surface area contributed by atoms with Crippen LogP contribution < -0.4 is 0 Å². The summed E-state index contributed by atoms with van der Waals surface area (Å²) >= 11 is 0. The molecule has 1 aliphatic carbocycles. The van der Waals surface area contributed by atoms with E-state index in [-0.39, 0.29) is 26.5 Å². The van der Waals surface area contributed by atoms with E-state index in [1.165, 1.54) is 42.4 Å². The van der Waals surface area contributed by atoms with Gasteiger partial charge in [-0.15, -0.1) is 41.5 Å². The molecule has 0 saturated heterocycles. The van der Waals surface area contributed by atoms with Gasteiger partial charge in [-0.3, -0.25) is 9.55 Å². The number of hydrogen-bond donors (Lipinski definition) is 0. The summed E-state index contributed by atoms with van der Waals surface area (Å²) in [7, 11) is 0. The third-order valence-corrected chi connectivity index (χ3v) is 15.3. The standard InChI is InChI=1S/C67H58N4.Pt/c1-44-55(49-34-32-45(33-35-49)46-38-40-67(5,6)41-39-46)43-57(50-24-14-9-15-25-50)68-63(44)54-28-19-31-61-64(54)69-65(71(61)59-37-36-51(66(2,3)4)42-56(59)48-22-12-8-13-23-48)70-58-29-17-16-26-53(58)62-52(27-18-30-60(62)70)47-20-10-7-11-21-47;/h7-24,26-29,31-37,42-43,46H,38-41H2,1-6H3;/q-2;+2. The summed E-state index contributed by atoms with van der Waals surface area (Å²) in [6.07, 6.45) is 5.02. The minimum Gasteiger partial charge on any atom is -0.304 e. The van der Waals surface area contributed by atoms with Crippen LogP contribution >= 0.6 is 0 Å². The monoisotopic (exact) mass is 1110 g/mol. The summed E-state index contributed by atoms with van der Waals surface area (Å²) in [6.45, 7) is 13.9. The molecular formula is C67H58N4Pt. The van der Waals surface area contributed by atoms with E-state index in [0.717, 1.165) is 100 Å². The Labute approximate surface area is 438 Å². The van der Waals surface area contributed by atoms with Crippen molar-refractivity contribution < 1.29 is 21.1 Å². The molecule has 0 bridgehead atoms. The third-order valence-electron chi connectivity index (χ3n) is 15.3. The molecule has 12 rings (SSSR count). The van der Waals surface area contributed by atoms with Crippen LogP contribution in [0.5, 0.6) is 0 Å². The van der Waals surface area contributed by atoms with Crippen LogP contribution in [0.25, 0.3) is 100 Å². The molecule has 1 saturated carbocycles. The van der Waals surface area contributed by atoms with Gasteiger partial charge in [-0.1, -0.05) is 173 Å². The summed E-state index contributed by atoms with van der Waals surface area (Å²) in [4.78, 5) is 11.5. The van der Waals surface area contributed by atoms with Crippen molar-refractivity contribution in [2.45, 2.75) is 78.6 Å². The Morgan fingerprint density at radius 2 is 1.24 bits per heavy atom. The number of hydrogen-bond acceptors (Lipinski definition) is 2. The van der Waals surface area contributed by atoms with Gasteiger partial charge in [-0.2, -0.15) is 18.2 Å². The molecule has 11 aromatic rings. The Hall–Kier alpha value is -7.13. The molecule has 3 aromatic heterocycles. The largest absolute Gasteiger partial charge is 2.00 e. The van der Waals surface area contributed by atoms with Crippen molar-refractivity contribution in [2.75, 3.05) is 0 Å². The molecule has 356 valence electrons. The van der Waals surface area contributed by atoms with E-state index in [9.17, 15) is 0 Å². The smallest absolute Gasteiger partial charge is 0.304 e. The number of nitrogens with zero attached hydrogens (tertiary/aromatic N) is 4. The van der Waals surface area contributed by atoms with Crippen LogP contribution in [0, 0.1) is 24.5 Å². The topological polar surface area (TPSA) is 35.6 Å². The molecule has 4 nitrogen and oxygen atoms in total. The molecule has 8 aromatic carbocycles. The van der Waals surface area contributed by atoms with Gasteiger partial charge in [0, 0.05) is 16.6 Å². The van der Waals surface area contributed by atoms with Crippen LogP contribution in [0.2, 0.25) is 0 Å². The maximum atomic E-state index is 5.89. The first-order valence-electron chi connectivity index (χ1n) is 25.3. The van der Waals surface area contributed by atoms with E-state index in [4.69, 9.17) is 9.97 Å². The summed E-state index contributed by atoms with van der Waals surface area (Å²) in [5.41, 5.74) is 19.8. The van der Waals surface area contributed by atoms with Crippen LogP contribution in [0.4, 0.5) is 0 Å². The number of benzene rings is 8. The van der Waals surface area contributed by atoms with Crippen LogP contribution in [0.1, 0.15) is 82.9 Å². The predicted molar refractivity (Wildman–Crippen MR) is 296 cm³/mol. The Kier molecular flexibility index (Phi) is 12.3. The normalized spacial score (nSPS) is 14.0. The molecule has 5 heteroatoms. The maximum Gasteiger partial charge on any atom is 2.00 e. The average Bonchev–Trinajstić information content (AvgIpc) is 3.95. The second-order valence-corrected chi connectivity index (χ2v) is 21.5. The first-order valence-corrected chi connectivity index (χ1v) is 25.3. The summed E-state index contributed by atoms with van der Waals surface area (Å²) in [5.74, 6) is 1.39. The Morgan fingerprint density at radius 3 is 1.94 bits per heavy atom. The zero-order chi connectivity index (χ0) is 48.4. The average molecular weight is 1110 g/mol. The molecule has 0 radical (unpaired) electrons. The van der Waals surface area contributed by atoms with Gasteiger partial charge in [0.15, 0.2) is 0 Å². The van der Waals surface area contributed by atoms with E-state index in [2.05, 4.69) is 239 Å². The van der Waals surface area contributed by atoms with Gasteiger partial charge in [0.2, 0.25) is 5.95 Å². The van der Waals surface area contributed by atoms with Gasteiger partial charge in [-0.05, 0) is 124 Å². The minimum atomic E-state index is -0.0693. The number of pyridine rings is 1. The van der Waals surface area contributed by atoms with Crippen molar-refractivity contribution in [3.05, 3.63) is 217 Å². The molecule has 0 N–H and O–H groups in total. The summed E-state index contributed by atoms with van der Waals surface area (Å²) in [5, 5.41) is 2.29. The van der Waals surface area contributed by atoms with Crippen LogP contribution in [-0.4, -0.2) is 19.1 Å². The number of rotatable bonds is 8. The molecule has 3 heterocycles. The first kappa shape index (κ1) is 47.2. The van der Waals surface area contributed by atoms with Crippen molar-refractivity contribution in [1.29, 1.82) is 0 Å². The van der Waals surface area contributed by atoms with E-state index in [1.54, 1.807) is 0 Å². The van der Waals surface area contributed by atoms with Crippen molar-refractivity contribution in [2.24, 2.45) is 5.41 Å². The molecule has 0 aliphatic heterocycles. The molecular weight excluding hydrogens is 1060 g/mol. The Morgan fingerprint density at radius 1 is 0.569 bits per heavy atom. The molecule has 1 fully saturated rings. The first-order chi connectivity index (χ1) is 34.5. The van der Waals surface area contributed by atoms with E-state index in [1.807, 2.05) is 12.1 Å². The fraction of sp³-hybridized carbons (Fsp3) is 0.194. The number of para-hydroxylation sites is 2. The number of fused-ring (bicyclic) bond motifs is 4. The van der Waals surface area contributed by atoms with Gasteiger partial charge < -0.3 is 4.57 Å². The molecule has 0 unspecified atom stereocenters. The van der Waals surface area contributed by atoms with Gasteiger partial charge >= 0.3 is 21.1 Å². The summed E-state index contributed by atoms with van der Waals surface area (Å²) < 4.78 is 4.72. The molecule has 0 spiro atoms. The molecule has 0 atom stereocenters. The van der Waals surface area contributed by atoms with Gasteiger partial charge in [0.1, 0.15) is 5.52 Å². The predicted octanol–water partition coefficient (Wildman–Crippen LogP) is 17.7.